The Morgan fingerprint density at radius 3 is 2.63 bits per heavy atom. The van der Waals surface area contributed by atoms with E-state index in [4.69, 9.17) is 0 Å². The lowest BCUT2D eigenvalue weighted by Gasteiger charge is -2.27. The van der Waals surface area contributed by atoms with Crippen LogP contribution in [0.4, 0.5) is 4.39 Å². The fourth-order valence-electron chi connectivity index (χ4n) is 2.94. The van der Waals surface area contributed by atoms with Gasteiger partial charge in [0.05, 0.1) is 5.56 Å². The zero-order valence-electron chi connectivity index (χ0n) is 11.6. The molecule has 0 amide bonds. The zero-order chi connectivity index (χ0) is 13.7. The number of carbonyl (C=O) groups excluding carboxylic acids is 1. The number of rotatable bonds is 6. The first-order valence-electron chi connectivity index (χ1n) is 7.24. The smallest absolute Gasteiger partial charge is 0.167 e. The summed E-state index contributed by atoms with van der Waals surface area (Å²) in [7, 11) is 0. The molecule has 3 heteroatoms. The van der Waals surface area contributed by atoms with Crippen molar-refractivity contribution in [3.63, 3.8) is 0 Å². The van der Waals surface area contributed by atoms with Crippen LogP contribution in [0.1, 0.15) is 49.4 Å². The molecule has 1 fully saturated rings. The number of Topliss-reactive ketones (excluding diaryl/α,β-unsaturated/α-hetero) is 1. The fraction of sp³-hybridized carbons (Fsp3) is 0.562. The van der Waals surface area contributed by atoms with Gasteiger partial charge in [0, 0.05) is 19.0 Å². The molecule has 0 aromatic heterocycles. The Balaban J connectivity index is 1.90. The van der Waals surface area contributed by atoms with Crippen LogP contribution in [0.25, 0.3) is 0 Å². The molecular formula is C16H22FNO. The monoisotopic (exact) mass is 263 g/mol. The van der Waals surface area contributed by atoms with E-state index in [1.807, 2.05) is 0 Å². The van der Waals surface area contributed by atoms with Crippen molar-refractivity contribution in [2.45, 2.75) is 45.1 Å². The summed E-state index contributed by atoms with van der Waals surface area (Å²) in [5.41, 5.74) is 0.227. The van der Waals surface area contributed by atoms with E-state index in [9.17, 15) is 9.18 Å². The van der Waals surface area contributed by atoms with Crippen LogP contribution in [0.5, 0.6) is 0 Å². The topological polar surface area (TPSA) is 20.3 Å². The highest BCUT2D eigenvalue weighted by Gasteiger charge is 2.22. The minimum Gasteiger partial charge on any atom is -0.300 e. The third-order valence-electron chi connectivity index (χ3n) is 4.05. The first kappa shape index (κ1) is 14.2. The SMILES string of the molecule is CCN(CCC(=O)c1ccccc1F)C1CCCC1. The van der Waals surface area contributed by atoms with Gasteiger partial charge in [0.2, 0.25) is 0 Å². The molecule has 1 aliphatic rings. The summed E-state index contributed by atoms with van der Waals surface area (Å²) < 4.78 is 13.5. The summed E-state index contributed by atoms with van der Waals surface area (Å²) in [6.45, 7) is 3.84. The van der Waals surface area contributed by atoms with Crippen LogP contribution in [0.15, 0.2) is 24.3 Å². The minimum absolute atomic E-state index is 0.0884. The van der Waals surface area contributed by atoms with Crippen LogP contribution < -0.4 is 0 Å². The first-order chi connectivity index (χ1) is 9.22. The largest absolute Gasteiger partial charge is 0.300 e. The molecule has 1 aromatic rings. The Morgan fingerprint density at radius 2 is 2.00 bits per heavy atom. The third-order valence-corrected chi connectivity index (χ3v) is 4.05. The van der Waals surface area contributed by atoms with Crippen molar-refractivity contribution in [3.8, 4) is 0 Å². The summed E-state index contributed by atoms with van der Waals surface area (Å²) in [5, 5.41) is 0. The number of halogens is 1. The molecule has 0 radical (unpaired) electrons. The Morgan fingerprint density at radius 1 is 1.32 bits per heavy atom. The summed E-state index contributed by atoms with van der Waals surface area (Å²) in [6.07, 6.45) is 5.47. The molecule has 19 heavy (non-hydrogen) atoms. The van der Waals surface area contributed by atoms with E-state index in [0.717, 1.165) is 13.1 Å². The number of hydrogen-bond acceptors (Lipinski definition) is 2. The van der Waals surface area contributed by atoms with E-state index in [1.165, 1.54) is 31.7 Å². The van der Waals surface area contributed by atoms with Gasteiger partial charge in [-0.2, -0.15) is 0 Å². The molecule has 2 nitrogen and oxygen atoms in total. The maximum atomic E-state index is 13.5. The average Bonchev–Trinajstić information content (AvgIpc) is 2.94. The van der Waals surface area contributed by atoms with Gasteiger partial charge in [-0.1, -0.05) is 31.9 Å². The number of carbonyl (C=O) groups is 1. The second-order valence-electron chi connectivity index (χ2n) is 5.22. The summed E-state index contributed by atoms with van der Waals surface area (Å²) in [4.78, 5) is 14.4. The highest BCUT2D eigenvalue weighted by atomic mass is 19.1. The predicted octanol–water partition coefficient (Wildman–Crippen LogP) is 3.66. The Hall–Kier alpha value is -1.22. The fourth-order valence-corrected chi connectivity index (χ4v) is 2.94. The molecule has 0 bridgehead atoms. The number of hydrogen-bond donors (Lipinski definition) is 0. The van der Waals surface area contributed by atoms with Crippen molar-refractivity contribution in [3.05, 3.63) is 35.6 Å². The van der Waals surface area contributed by atoms with Gasteiger partial charge in [0.15, 0.2) is 5.78 Å². The second kappa shape index (κ2) is 6.80. The molecule has 0 aliphatic heterocycles. The summed E-state index contributed by atoms with van der Waals surface area (Å²) in [6, 6.07) is 6.87. The third kappa shape index (κ3) is 3.63. The molecular weight excluding hydrogens is 241 g/mol. The van der Waals surface area contributed by atoms with Gasteiger partial charge in [-0.15, -0.1) is 0 Å². The van der Waals surface area contributed by atoms with Crippen molar-refractivity contribution in [1.29, 1.82) is 0 Å². The Labute approximate surface area is 114 Å². The maximum Gasteiger partial charge on any atom is 0.167 e. The lowest BCUT2D eigenvalue weighted by atomic mass is 10.1. The number of ketones is 1. The van der Waals surface area contributed by atoms with E-state index in [0.29, 0.717) is 12.5 Å². The predicted molar refractivity (Wildman–Crippen MR) is 74.9 cm³/mol. The molecule has 0 heterocycles. The van der Waals surface area contributed by atoms with Crippen LogP contribution >= 0.6 is 0 Å². The maximum absolute atomic E-state index is 13.5. The Kier molecular flexibility index (Phi) is 5.08. The van der Waals surface area contributed by atoms with Gasteiger partial charge < -0.3 is 4.90 Å². The number of benzene rings is 1. The standard InChI is InChI=1S/C16H22FNO/c1-2-18(13-7-3-4-8-13)12-11-16(19)14-9-5-6-10-15(14)17/h5-6,9-10,13H,2-4,7-8,11-12H2,1H3. The lowest BCUT2D eigenvalue weighted by molar-refractivity contribution is 0.0949. The van der Waals surface area contributed by atoms with E-state index in [-0.39, 0.29) is 11.3 Å². The van der Waals surface area contributed by atoms with Crippen LogP contribution in [0, 0.1) is 5.82 Å². The number of nitrogens with zero attached hydrogens (tertiary/aromatic N) is 1. The highest BCUT2D eigenvalue weighted by Crippen LogP contribution is 2.23. The molecule has 0 unspecified atom stereocenters. The van der Waals surface area contributed by atoms with E-state index in [1.54, 1.807) is 18.2 Å². The summed E-state index contributed by atoms with van der Waals surface area (Å²) >= 11 is 0. The van der Waals surface area contributed by atoms with Gasteiger partial charge in [0.25, 0.3) is 0 Å². The minimum atomic E-state index is -0.406. The van der Waals surface area contributed by atoms with Crippen molar-refractivity contribution in [2.75, 3.05) is 13.1 Å². The molecule has 1 aromatic carbocycles. The van der Waals surface area contributed by atoms with E-state index >= 15 is 0 Å². The molecule has 0 N–H and O–H groups in total. The average molecular weight is 263 g/mol. The van der Waals surface area contributed by atoms with Gasteiger partial charge in [0.1, 0.15) is 5.82 Å². The van der Waals surface area contributed by atoms with Gasteiger partial charge >= 0.3 is 0 Å². The van der Waals surface area contributed by atoms with Gasteiger partial charge in [-0.05, 0) is 31.5 Å². The molecule has 2 rings (SSSR count). The quantitative estimate of drug-likeness (QED) is 0.730. The van der Waals surface area contributed by atoms with Crippen molar-refractivity contribution < 1.29 is 9.18 Å². The van der Waals surface area contributed by atoms with Gasteiger partial charge in [-0.3, -0.25) is 4.79 Å². The van der Waals surface area contributed by atoms with Crippen LogP contribution in [-0.4, -0.2) is 29.8 Å². The molecule has 0 spiro atoms. The van der Waals surface area contributed by atoms with E-state index in [2.05, 4.69) is 11.8 Å². The highest BCUT2D eigenvalue weighted by molar-refractivity contribution is 5.96. The molecule has 0 saturated heterocycles. The van der Waals surface area contributed by atoms with Crippen LogP contribution in [0.2, 0.25) is 0 Å². The molecule has 104 valence electrons. The Bertz CT molecular complexity index is 427. The van der Waals surface area contributed by atoms with E-state index < -0.39 is 5.82 Å². The molecule has 1 aliphatic carbocycles. The zero-order valence-corrected chi connectivity index (χ0v) is 11.6. The molecule has 0 atom stereocenters. The molecule has 1 saturated carbocycles. The second-order valence-corrected chi connectivity index (χ2v) is 5.22. The normalized spacial score (nSPS) is 16.2. The lowest BCUT2D eigenvalue weighted by Crippen LogP contribution is -2.34. The van der Waals surface area contributed by atoms with Crippen molar-refractivity contribution in [1.82, 2.24) is 4.90 Å². The van der Waals surface area contributed by atoms with Crippen molar-refractivity contribution >= 4 is 5.78 Å². The van der Waals surface area contributed by atoms with Gasteiger partial charge in [-0.25, -0.2) is 4.39 Å². The van der Waals surface area contributed by atoms with Crippen LogP contribution in [0.3, 0.4) is 0 Å². The first-order valence-corrected chi connectivity index (χ1v) is 7.24. The van der Waals surface area contributed by atoms with Crippen LogP contribution in [-0.2, 0) is 0 Å². The summed E-state index contributed by atoms with van der Waals surface area (Å²) in [5.74, 6) is -0.494. The van der Waals surface area contributed by atoms with Crippen molar-refractivity contribution in [2.24, 2.45) is 0 Å².